The second-order valence-corrected chi connectivity index (χ2v) is 3.90. The molecule has 0 spiro atoms. The topological polar surface area (TPSA) is 99.2 Å². The Bertz CT molecular complexity index is 701. The Labute approximate surface area is 114 Å². The summed E-state index contributed by atoms with van der Waals surface area (Å²) in [4.78, 5) is 16.9. The van der Waals surface area contributed by atoms with Gasteiger partial charge in [0.25, 0.3) is 5.95 Å². The van der Waals surface area contributed by atoms with Crippen LogP contribution in [0.4, 0.5) is 5.95 Å². The van der Waals surface area contributed by atoms with Gasteiger partial charge in [0.2, 0.25) is 5.95 Å². The molecule has 0 aliphatic rings. The average molecular weight is 271 g/mol. The molecule has 0 saturated heterocycles. The zero-order valence-electron chi connectivity index (χ0n) is 11.1. The second kappa shape index (κ2) is 5.03. The minimum Gasteiger partial charge on any atom is -0.357 e. The molecule has 1 N–H and O–H groups in total. The van der Waals surface area contributed by atoms with Crippen LogP contribution in [0, 0.1) is 0 Å². The van der Waals surface area contributed by atoms with Crippen LogP contribution < -0.4 is 5.32 Å². The van der Waals surface area contributed by atoms with E-state index in [0.717, 1.165) is 12.2 Å². The molecule has 102 valence electrons. The monoisotopic (exact) mass is 271 g/mol. The molecule has 0 aliphatic carbocycles. The molecule has 9 nitrogen and oxygen atoms in total. The molecule has 3 aromatic rings. The lowest BCUT2D eigenvalue weighted by molar-refractivity contribution is 0.662. The number of aryl methyl sites for hydroxylation is 1. The molecule has 0 bridgehead atoms. The summed E-state index contributed by atoms with van der Waals surface area (Å²) >= 11 is 0. The third-order valence-electron chi connectivity index (χ3n) is 2.72. The Morgan fingerprint density at radius 2 is 2.10 bits per heavy atom. The lowest BCUT2D eigenvalue weighted by atomic mass is 10.4. The fourth-order valence-corrected chi connectivity index (χ4v) is 1.78. The Balaban J connectivity index is 2.14. The number of rotatable bonds is 4. The van der Waals surface area contributed by atoms with E-state index in [1.54, 1.807) is 13.2 Å². The van der Waals surface area contributed by atoms with Gasteiger partial charge in [0.05, 0.1) is 0 Å². The van der Waals surface area contributed by atoms with E-state index in [2.05, 4.69) is 35.5 Å². The van der Waals surface area contributed by atoms with Gasteiger partial charge in [-0.2, -0.15) is 29.8 Å². The van der Waals surface area contributed by atoms with Gasteiger partial charge in [0.1, 0.15) is 18.3 Å². The Morgan fingerprint density at radius 3 is 2.80 bits per heavy atom. The molecule has 0 aliphatic heterocycles. The van der Waals surface area contributed by atoms with E-state index in [1.165, 1.54) is 17.3 Å². The van der Waals surface area contributed by atoms with E-state index >= 15 is 0 Å². The highest BCUT2D eigenvalue weighted by Gasteiger charge is 2.13. The normalized spacial score (nSPS) is 10.7. The maximum Gasteiger partial charge on any atom is 0.257 e. The first-order valence-corrected chi connectivity index (χ1v) is 6.13. The summed E-state index contributed by atoms with van der Waals surface area (Å²) in [7, 11) is 1.75. The molecule has 0 unspecified atom stereocenters. The van der Waals surface area contributed by atoms with Crippen LogP contribution in [0.1, 0.15) is 6.92 Å². The van der Waals surface area contributed by atoms with Crippen LogP contribution in [0.15, 0.2) is 24.9 Å². The Kier molecular flexibility index (Phi) is 3.07. The maximum absolute atomic E-state index is 4.41. The van der Waals surface area contributed by atoms with E-state index in [0.29, 0.717) is 17.7 Å². The van der Waals surface area contributed by atoms with Gasteiger partial charge in [0, 0.05) is 19.8 Å². The standard InChI is InChI=1S/C11H13N9/c1-3-19-8(4-5-14-19)9-16-10(12-2)18-11(17-9)20-7-13-6-15-20/h4-7H,3H2,1-2H3,(H,12,16,17,18). The highest BCUT2D eigenvalue weighted by atomic mass is 15.4. The van der Waals surface area contributed by atoms with Crippen LogP contribution in [-0.2, 0) is 6.54 Å². The van der Waals surface area contributed by atoms with Crippen molar-refractivity contribution in [2.24, 2.45) is 0 Å². The molecule has 0 radical (unpaired) electrons. The number of hydrogen-bond donors (Lipinski definition) is 1. The van der Waals surface area contributed by atoms with Gasteiger partial charge >= 0.3 is 0 Å². The van der Waals surface area contributed by atoms with Crippen molar-refractivity contribution in [2.75, 3.05) is 12.4 Å². The Hall–Kier alpha value is -2.84. The summed E-state index contributed by atoms with van der Waals surface area (Å²) in [6.45, 7) is 2.75. The molecule has 0 aromatic carbocycles. The number of anilines is 1. The quantitative estimate of drug-likeness (QED) is 0.732. The van der Waals surface area contributed by atoms with Crippen molar-refractivity contribution in [3.05, 3.63) is 24.9 Å². The van der Waals surface area contributed by atoms with Crippen molar-refractivity contribution < 1.29 is 0 Å². The molecule has 0 saturated carbocycles. The van der Waals surface area contributed by atoms with Crippen molar-refractivity contribution in [3.63, 3.8) is 0 Å². The van der Waals surface area contributed by atoms with E-state index in [1.807, 2.05) is 17.7 Å². The molecule has 0 atom stereocenters. The highest BCUT2D eigenvalue weighted by Crippen LogP contribution is 2.16. The van der Waals surface area contributed by atoms with Crippen LogP contribution in [0.5, 0.6) is 0 Å². The van der Waals surface area contributed by atoms with Crippen LogP contribution in [0.2, 0.25) is 0 Å². The van der Waals surface area contributed by atoms with Gasteiger partial charge in [-0.3, -0.25) is 4.68 Å². The third-order valence-corrected chi connectivity index (χ3v) is 2.72. The van der Waals surface area contributed by atoms with Gasteiger partial charge in [-0.05, 0) is 13.0 Å². The van der Waals surface area contributed by atoms with Crippen molar-refractivity contribution in [1.82, 2.24) is 39.5 Å². The first-order valence-electron chi connectivity index (χ1n) is 6.13. The van der Waals surface area contributed by atoms with Gasteiger partial charge in [0.15, 0.2) is 5.82 Å². The molecule has 20 heavy (non-hydrogen) atoms. The first kappa shape index (κ1) is 12.2. The van der Waals surface area contributed by atoms with E-state index in [4.69, 9.17) is 0 Å². The van der Waals surface area contributed by atoms with Crippen LogP contribution in [0.25, 0.3) is 17.5 Å². The van der Waals surface area contributed by atoms with E-state index in [9.17, 15) is 0 Å². The zero-order valence-corrected chi connectivity index (χ0v) is 11.1. The van der Waals surface area contributed by atoms with E-state index < -0.39 is 0 Å². The van der Waals surface area contributed by atoms with Gasteiger partial charge in [-0.25, -0.2) is 4.98 Å². The molecule has 0 amide bonds. The maximum atomic E-state index is 4.41. The zero-order chi connectivity index (χ0) is 13.9. The van der Waals surface area contributed by atoms with Crippen LogP contribution in [0.3, 0.4) is 0 Å². The number of aromatic nitrogens is 8. The van der Waals surface area contributed by atoms with Crippen LogP contribution in [-0.4, -0.2) is 46.5 Å². The fraction of sp³-hybridized carbons (Fsp3) is 0.273. The smallest absolute Gasteiger partial charge is 0.257 e. The summed E-state index contributed by atoms with van der Waals surface area (Å²) < 4.78 is 3.30. The SMILES string of the molecule is CCn1nccc1-c1nc(NC)nc(-n2cncn2)n1. The largest absolute Gasteiger partial charge is 0.357 e. The molecule has 0 fully saturated rings. The number of nitrogens with zero attached hydrogens (tertiary/aromatic N) is 8. The summed E-state index contributed by atoms with van der Waals surface area (Å²) in [6, 6.07) is 1.86. The van der Waals surface area contributed by atoms with Gasteiger partial charge in [-0.1, -0.05) is 0 Å². The second-order valence-electron chi connectivity index (χ2n) is 3.90. The van der Waals surface area contributed by atoms with Crippen molar-refractivity contribution in [1.29, 1.82) is 0 Å². The summed E-state index contributed by atoms with van der Waals surface area (Å²) in [5.41, 5.74) is 0.827. The minimum absolute atomic E-state index is 0.403. The lowest BCUT2D eigenvalue weighted by Crippen LogP contribution is -2.10. The third kappa shape index (κ3) is 2.09. The molecular formula is C11H13N9. The summed E-state index contributed by atoms with van der Waals surface area (Å²) in [6.07, 6.45) is 4.69. The molecular weight excluding hydrogens is 258 g/mol. The average Bonchev–Trinajstić information content (AvgIpc) is 3.17. The molecule has 3 heterocycles. The summed E-state index contributed by atoms with van der Waals surface area (Å²) in [5, 5.41) is 11.2. The first-order chi connectivity index (χ1) is 9.81. The molecule has 9 heteroatoms. The predicted molar refractivity (Wildman–Crippen MR) is 71.2 cm³/mol. The fourth-order valence-electron chi connectivity index (χ4n) is 1.78. The van der Waals surface area contributed by atoms with Gasteiger partial charge < -0.3 is 5.32 Å². The van der Waals surface area contributed by atoms with Crippen molar-refractivity contribution >= 4 is 5.95 Å². The molecule has 3 aromatic heterocycles. The summed E-state index contributed by atoms with van der Waals surface area (Å²) in [5.74, 6) is 1.40. The van der Waals surface area contributed by atoms with E-state index in [-0.39, 0.29) is 0 Å². The molecule has 3 rings (SSSR count). The van der Waals surface area contributed by atoms with Crippen molar-refractivity contribution in [2.45, 2.75) is 13.5 Å². The highest BCUT2D eigenvalue weighted by molar-refractivity contribution is 5.52. The van der Waals surface area contributed by atoms with Crippen molar-refractivity contribution in [3.8, 4) is 17.5 Å². The lowest BCUT2D eigenvalue weighted by Gasteiger charge is -2.07. The number of hydrogen-bond acceptors (Lipinski definition) is 7. The minimum atomic E-state index is 0.403. The van der Waals surface area contributed by atoms with Crippen LogP contribution >= 0.6 is 0 Å². The van der Waals surface area contributed by atoms with Gasteiger partial charge in [-0.15, -0.1) is 0 Å². The Morgan fingerprint density at radius 1 is 1.20 bits per heavy atom. The number of nitrogens with one attached hydrogen (secondary N) is 1. The predicted octanol–water partition coefficient (Wildman–Crippen LogP) is 0.377.